The Morgan fingerprint density at radius 2 is 2.08 bits per heavy atom. The number of ether oxygens (including phenoxy) is 1. The van der Waals surface area contributed by atoms with E-state index in [1.54, 1.807) is 27.0 Å². The van der Waals surface area contributed by atoms with Crippen molar-refractivity contribution in [3.05, 3.63) is 42.1 Å². The summed E-state index contributed by atoms with van der Waals surface area (Å²) in [6, 6.07) is 8.12. The number of carbonyl (C=O) groups is 2. The van der Waals surface area contributed by atoms with E-state index in [-0.39, 0.29) is 6.42 Å². The van der Waals surface area contributed by atoms with Crippen molar-refractivity contribution in [2.45, 2.75) is 38.8 Å². The van der Waals surface area contributed by atoms with Gasteiger partial charge in [0.15, 0.2) is 0 Å². The van der Waals surface area contributed by atoms with Crippen LogP contribution in [0.15, 0.2) is 36.5 Å². The van der Waals surface area contributed by atoms with Crippen molar-refractivity contribution < 1.29 is 19.4 Å². The molecule has 1 amide bonds. The van der Waals surface area contributed by atoms with Gasteiger partial charge in [0.2, 0.25) is 0 Å². The monoisotopic (exact) mass is 331 g/mol. The van der Waals surface area contributed by atoms with Crippen molar-refractivity contribution in [1.82, 2.24) is 15.5 Å². The number of H-pyrrole nitrogens is 1. The first-order valence-electron chi connectivity index (χ1n) is 7.56. The quantitative estimate of drug-likeness (QED) is 0.781. The van der Waals surface area contributed by atoms with Crippen LogP contribution < -0.4 is 5.32 Å². The number of aromatic amines is 1. The van der Waals surface area contributed by atoms with Gasteiger partial charge in [0.25, 0.3) is 0 Å². The fourth-order valence-corrected chi connectivity index (χ4v) is 2.16. The molecular weight excluding hydrogens is 310 g/mol. The number of alkyl carbamates (subject to hydrolysis) is 1. The maximum atomic E-state index is 11.8. The molecule has 1 unspecified atom stereocenters. The molecule has 0 aliphatic carbocycles. The number of benzene rings is 1. The minimum Gasteiger partial charge on any atom is -0.480 e. The van der Waals surface area contributed by atoms with Gasteiger partial charge in [0.05, 0.1) is 5.69 Å². The lowest BCUT2D eigenvalue weighted by molar-refractivity contribution is -0.139. The van der Waals surface area contributed by atoms with E-state index in [1.807, 2.05) is 30.3 Å². The largest absolute Gasteiger partial charge is 0.480 e. The van der Waals surface area contributed by atoms with E-state index in [0.717, 1.165) is 16.8 Å². The lowest BCUT2D eigenvalue weighted by Crippen LogP contribution is -2.44. The minimum absolute atomic E-state index is 0.146. The standard InChI is InChI=1S/C17H21N3O4/c1-17(2,3)24-16(23)19-14(15(21)22)10-11-5-4-6-12(9-11)13-7-8-18-20-13/h4-9,14H,10H2,1-3H3,(H,18,20)(H,19,23)(H,21,22). The van der Waals surface area contributed by atoms with E-state index >= 15 is 0 Å². The zero-order chi connectivity index (χ0) is 17.7. The summed E-state index contributed by atoms with van der Waals surface area (Å²) in [4.78, 5) is 23.2. The number of aliphatic carboxylic acids is 1. The molecule has 0 saturated carbocycles. The fraction of sp³-hybridized carbons (Fsp3) is 0.353. The molecule has 128 valence electrons. The van der Waals surface area contributed by atoms with Gasteiger partial charge in [-0.15, -0.1) is 0 Å². The Balaban J connectivity index is 2.09. The van der Waals surface area contributed by atoms with Gasteiger partial charge < -0.3 is 15.2 Å². The number of hydrogen-bond acceptors (Lipinski definition) is 4. The summed E-state index contributed by atoms with van der Waals surface area (Å²) < 4.78 is 5.11. The number of carboxylic acids is 1. The Labute approximate surface area is 140 Å². The van der Waals surface area contributed by atoms with Crippen molar-refractivity contribution in [2.24, 2.45) is 0 Å². The summed E-state index contributed by atoms with van der Waals surface area (Å²) in [6.45, 7) is 5.15. The molecule has 0 aliphatic rings. The van der Waals surface area contributed by atoms with Gasteiger partial charge in [0, 0.05) is 18.2 Å². The number of carbonyl (C=O) groups excluding carboxylic acids is 1. The molecule has 0 radical (unpaired) electrons. The molecule has 1 aromatic carbocycles. The van der Waals surface area contributed by atoms with Crippen LogP contribution in [0.2, 0.25) is 0 Å². The predicted molar refractivity (Wildman–Crippen MR) is 88.5 cm³/mol. The molecule has 0 spiro atoms. The van der Waals surface area contributed by atoms with Crippen LogP contribution in [0.5, 0.6) is 0 Å². The lowest BCUT2D eigenvalue weighted by atomic mass is 10.0. The first-order valence-corrected chi connectivity index (χ1v) is 7.56. The van der Waals surface area contributed by atoms with Crippen LogP contribution in [0.25, 0.3) is 11.3 Å². The number of nitrogens with one attached hydrogen (secondary N) is 2. The van der Waals surface area contributed by atoms with E-state index in [2.05, 4.69) is 15.5 Å². The van der Waals surface area contributed by atoms with Crippen LogP contribution in [0, 0.1) is 0 Å². The summed E-state index contributed by atoms with van der Waals surface area (Å²) in [7, 11) is 0. The number of nitrogens with zero attached hydrogens (tertiary/aromatic N) is 1. The van der Waals surface area contributed by atoms with Gasteiger partial charge in [-0.3, -0.25) is 5.10 Å². The molecule has 1 heterocycles. The third kappa shape index (κ3) is 5.12. The van der Waals surface area contributed by atoms with Gasteiger partial charge in [-0.05, 0) is 38.5 Å². The smallest absolute Gasteiger partial charge is 0.408 e. The molecule has 0 aliphatic heterocycles. The van der Waals surface area contributed by atoms with Crippen LogP contribution in [0.3, 0.4) is 0 Å². The molecule has 1 atom stereocenters. The Morgan fingerprint density at radius 1 is 1.33 bits per heavy atom. The first-order chi connectivity index (χ1) is 11.2. The summed E-state index contributed by atoms with van der Waals surface area (Å²) >= 11 is 0. The van der Waals surface area contributed by atoms with Crippen LogP contribution >= 0.6 is 0 Å². The number of aromatic nitrogens is 2. The van der Waals surface area contributed by atoms with E-state index in [9.17, 15) is 14.7 Å². The van der Waals surface area contributed by atoms with Gasteiger partial charge >= 0.3 is 12.1 Å². The van der Waals surface area contributed by atoms with Gasteiger partial charge in [-0.25, -0.2) is 9.59 Å². The van der Waals surface area contributed by atoms with Crippen LogP contribution in [0.4, 0.5) is 4.79 Å². The second-order valence-corrected chi connectivity index (χ2v) is 6.40. The second kappa shape index (κ2) is 7.16. The molecule has 1 aromatic heterocycles. The van der Waals surface area contributed by atoms with Crippen LogP contribution in [-0.4, -0.2) is 39.0 Å². The molecule has 24 heavy (non-hydrogen) atoms. The topological polar surface area (TPSA) is 104 Å². The highest BCUT2D eigenvalue weighted by Gasteiger charge is 2.24. The van der Waals surface area contributed by atoms with Crippen molar-refractivity contribution in [1.29, 1.82) is 0 Å². The number of carboxylic acid groups (broad SMARTS) is 1. The van der Waals surface area contributed by atoms with Gasteiger partial charge in [0.1, 0.15) is 11.6 Å². The van der Waals surface area contributed by atoms with E-state index in [0.29, 0.717) is 0 Å². The Kier molecular flexibility index (Phi) is 5.23. The SMILES string of the molecule is CC(C)(C)OC(=O)NC(Cc1cccc(-c2cc[nH]n2)c1)C(=O)O. The highest BCUT2D eigenvalue weighted by molar-refractivity contribution is 5.80. The first kappa shape index (κ1) is 17.5. The fourth-order valence-electron chi connectivity index (χ4n) is 2.16. The Morgan fingerprint density at radius 3 is 2.67 bits per heavy atom. The molecule has 7 heteroatoms. The van der Waals surface area contributed by atoms with Crippen molar-refractivity contribution in [3.63, 3.8) is 0 Å². The Hall–Kier alpha value is -2.83. The summed E-state index contributed by atoms with van der Waals surface area (Å²) in [5.74, 6) is -1.12. The maximum Gasteiger partial charge on any atom is 0.408 e. The molecule has 2 rings (SSSR count). The summed E-state index contributed by atoms with van der Waals surface area (Å²) in [6.07, 6.45) is 1.11. The molecule has 0 fully saturated rings. The second-order valence-electron chi connectivity index (χ2n) is 6.40. The Bertz CT molecular complexity index is 705. The molecule has 0 bridgehead atoms. The highest BCUT2D eigenvalue weighted by Crippen LogP contribution is 2.18. The van der Waals surface area contributed by atoms with Gasteiger partial charge in [-0.2, -0.15) is 5.10 Å². The number of rotatable bonds is 5. The van der Waals surface area contributed by atoms with E-state index in [4.69, 9.17) is 4.74 Å². The average molecular weight is 331 g/mol. The van der Waals surface area contributed by atoms with Crippen molar-refractivity contribution in [2.75, 3.05) is 0 Å². The third-order valence-electron chi connectivity index (χ3n) is 3.15. The molecular formula is C17H21N3O4. The minimum atomic E-state index is -1.12. The predicted octanol–water partition coefficient (Wildman–Crippen LogP) is 2.60. The average Bonchev–Trinajstić information content (AvgIpc) is 2.99. The van der Waals surface area contributed by atoms with Gasteiger partial charge in [-0.1, -0.05) is 18.2 Å². The highest BCUT2D eigenvalue weighted by atomic mass is 16.6. The molecule has 2 aromatic rings. The number of hydrogen-bond donors (Lipinski definition) is 3. The lowest BCUT2D eigenvalue weighted by Gasteiger charge is -2.22. The summed E-state index contributed by atoms with van der Waals surface area (Å²) in [5.41, 5.74) is 1.73. The number of amides is 1. The van der Waals surface area contributed by atoms with Crippen molar-refractivity contribution in [3.8, 4) is 11.3 Å². The van der Waals surface area contributed by atoms with Crippen molar-refractivity contribution >= 4 is 12.1 Å². The van der Waals surface area contributed by atoms with E-state index in [1.165, 1.54) is 0 Å². The zero-order valence-corrected chi connectivity index (χ0v) is 13.9. The molecule has 3 N–H and O–H groups in total. The van der Waals surface area contributed by atoms with Crippen LogP contribution in [0.1, 0.15) is 26.3 Å². The normalized spacial score (nSPS) is 12.5. The van der Waals surface area contributed by atoms with E-state index < -0.39 is 23.7 Å². The summed E-state index contributed by atoms with van der Waals surface area (Å²) in [5, 5.41) is 18.6. The third-order valence-corrected chi connectivity index (χ3v) is 3.15. The van der Waals surface area contributed by atoms with Crippen LogP contribution in [-0.2, 0) is 16.0 Å². The maximum absolute atomic E-state index is 11.8. The molecule has 7 nitrogen and oxygen atoms in total. The zero-order valence-electron chi connectivity index (χ0n) is 13.9. The molecule has 0 saturated heterocycles.